The second-order valence-electron chi connectivity index (χ2n) is 4.02. The lowest BCUT2D eigenvalue weighted by Gasteiger charge is -2.21. The number of ether oxygens (including phenoxy) is 1. The minimum Gasteiger partial charge on any atom is -0.480 e. The Bertz CT molecular complexity index is 313. The van der Waals surface area contributed by atoms with E-state index in [1.54, 1.807) is 0 Å². The number of likely N-dealkylation sites (N-methyl/N-ethyl adjacent to an activating group) is 1. The van der Waals surface area contributed by atoms with E-state index in [9.17, 15) is 9.59 Å². The number of carboxylic acids is 1. The fraction of sp³-hybridized carbons (Fsp3) is 0.636. The van der Waals surface area contributed by atoms with Crippen LogP contribution in [0, 0.1) is 5.92 Å². The lowest BCUT2D eigenvalue weighted by atomic mass is 9.94. The Morgan fingerprint density at radius 2 is 2.31 bits per heavy atom. The first-order valence-electron chi connectivity index (χ1n) is 5.26. The number of allylic oxidation sites excluding steroid dienone is 2. The second kappa shape index (κ2) is 5.01. The average Bonchev–Trinajstić information content (AvgIpc) is 2.52. The molecule has 16 heavy (non-hydrogen) atoms. The van der Waals surface area contributed by atoms with E-state index >= 15 is 0 Å². The lowest BCUT2D eigenvalue weighted by Crippen LogP contribution is -2.42. The van der Waals surface area contributed by atoms with Gasteiger partial charge in [-0.2, -0.15) is 0 Å². The molecular weight excluding hydrogens is 210 g/mol. The molecule has 1 N–H and O–H groups in total. The van der Waals surface area contributed by atoms with Crippen LogP contribution in [-0.4, -0.2) is 41.3 Å². The average molecular weight is 227 g/mol. The summed E-state index contributed by atoms with van der Waals surface area (Å²) in [7, 11) is 1.45. The molecule has 0 saturated carbocycles. The van der Waals surface area contributed by atoms with Crippen molar-refractivity contribution in [2.75, 3.05) is 7.05 Å². The highest BCUT2D eigenvalue weighted by atomic mass is 16.6. The molecule has 1 aliphatic heterocycles. The third kappa shape index (κ3) is 2.35. The number of amides is 1. The van der Waals surface area contributed by atoms with E-state index in [0.29, 0.717) is 6.42 Å². The summed E-state index contributed by atoms with van der Waals surface area (Å²) in [5, 5.41) is 9.05. The van der Waals surface area contributed by atoms with Crippen molar-refractivity contribution < 1.29 is 19.4 Å². The molecule has 1 fully saturated rings. The molecule has 0 radical (unpaired) electrons. The van der Waals surface area contributed by atoms with Crippen molar-refractivity contribution in [3.8, 4) is 0 Å². The molecular formula is C11H17NO4. The van der Waals surface area contributed by atoms with Gasteiger partial charge in [-0.3, -0.25) is 4.90 Å². The SMILES string of the molecule is C/C=C/C[C@@H](C)[C@H]1OC(=O)N(C)[C@@H]1C(=O)O. The van der Waals surface area contributed by atoms with E-state index in [4.69, 9.17) is 9.84 Å². The maximum absolute atomic E-state index is 11.3. The van der Waals surface area contributed by atoms with E-state index in [2.05, 4.69) is 0 Å². The van der Waals surface area contributed by atoms with Crippen LogP contribution in [0.5, 0.6) is 0 Å². The van der Waals surface area contributed by atoms with Crippen LogP contribution in [0.4, 0.5) is 4.79 Å². The molecule has 5 heteroatoms. The number of carboxylic acid groups (broad SMARTS) is 1. The minimum atomic E-state index is -1.02. The largest absolute Gasteiger partial charge is 0.480 e. The van der Waals surface area contributed by atoms with Crippen LogP contribution in [0.3, 0.4) is 0 Å². The van der Waals surface area contributed by atoms with E-state index in [0.717, 1.165) is 4.90 Å². The quantitative estimate of drug-likeness (QED) is 0.739. The Morgan fingerprint density at radius 3 is 2.81 bits per heavy atom. The fourth-order valence-corrected chi connectivity index (χ4v) is 1.82. The van der Waals surface area contributed by atoms with Crippen molar-refractivity contribution >= 4 is 12.1 Å². The summed E-state index contributed by atoms with van der Waals surface area (Å²) < 4.78 is 5.08. The number of carbonyl (C=O) groups is 2. The number of nitrogens with zero attached hydrogens (tertiary/aromatic N) is 1. The van der Waals surface area contributed by atoms with Crippen LogP contribution in [-0.2, 0) is 9.53 Å². The standard InChI is InChI=1S/C11H17NO4/c1-4-5-6-7(2)9-8(10(13)14)12(3)11(15)16-9/h4-5,7-9H,6H2,1-3H3,(H,13,14)/b5-4+/t7-,8+,9-/m1/s1. The zero-order valence-corrected chi connectivity index (χ0v) is 9.71. The number of cyclic esters (lactones) is 1. The molecule has 0 bridgehead atoms. The maximum atomic E-state index is 11.3. The molecule has 0 unspecified atom stereocenters. The van der Waals surface area contributed by atoms with Crippen LogP contribution in [0.25, 0.3) is 0 Å². The van der Waals surface area contributed by atoms with Gasteiger partial charge in [-0.25, -0.2) is 9.59 Å². The van der Waals surface area contributed by atoms with E-state index in [-0.39, 0.29) is 5.92 Å². The third-order valence-electron chi connectivity index (χ3n) is 2.81. The van der Waals surface area contributed by atoms with E-state index < -0.39 is 24.2 Å². The van der Waals surface area contributed by atoms with Gasteiger partial charge in [-0.1, -0.05) is 19.1 Å². The summed E-state index contributed by atoms with van der Waals surface area (Å²) in [5.74, 6) is -1.03. The van der Waals surface area contributed by atoms with Crippen LogP contribution in [0.15, 0.2) is 12.2 Å². The Balaban J connectivity index is 2.78. The molecule has 0 aliphatic carbocycles. The predicted octanol–water partition coefficient (Wildman–Crippen LogP) is 1.49. The highest BCUT2D eigenvalue weighted by Crippen LogP contribution is 2.26. The molecule has 1 aliphatic rings. The van der Waals surface area contributed by atoms with Crippen molar-refractivity contribution in [3.63, 3.8) is 0 Å². The summed E-state index contributed by atoms with van der Waals surface area (Å²) in [6, 6.07) is -0.882. The monoisotopic (exact) mass is 227 g/mol. The Hall–Kier alpha value is -1.52. The van der Waals surface area contributed by atoms with Crippen molar-refractivity contribution in [2.45, 2.75) is 32.4 Å². The molecule has 1 saturated heterocycles. The molecule has 0 aromatic heterocycles. The van der Waals surface area contributed by atoms with Gasteiger partial charge in [-0.05, 0) is 19.3 Å². The van der Waals surface area contributed by atoms with Gasteiger partial charge in [-0.15, -0.1) is 0 Å². The summed E-state index contributed by atoms with van der Waals surface area (Å²) in [5.41, 5.74) is 0. The van der Waals surface area contributed by atoms with Gasteiger partial charge in [0, 0.05) is 7.05 Å². The second-order valence-corrected chi connectivity index (χ2v) is 4.02. The van der Waals surface area contributed by atoms with Crippen molar-refractivity contribution in [2.24, 2.45) is 5.92 Å². The summed E-state index contributed by atoms with van der Waals surface area (Å²) in [4.78, 5) is 23.5. The topological polar surface area (TPSA) is 66.8 Å². The highest BCUT2D eigenvalue weighted by Gasteiger charge is 2.46. The van der Waals surface area contributed by atoms with Crippen molar-refractivity contribution in [1.82, 2.24) is 4.90 Å². The van der Waals surface area contributed by atoms with Gasteiger partial charge < -0.3 is 9.84 Å². The van der Waals surface area contributed by atoms with Gasteiger partial charge in [0.2, 0.25) is 0 Å². The van der Waals surface area contributed by atoms with Gasteiger partial charge in [0.05, 0.1) is 0 Å². The van der Waals surface area contributed by atoms with Crippen LogP contribution in [0.2, 0.25) is 0 Å². The summed E-state index contributed by atoms with van der Waals surface area (Å²) in [6.45, 7) is 3.78. The van der Waals surface area contributed by atoms with Gasteiger partial charge >= 0.3 is 12.1 Å². The number of hydrogen-bond acceptors (Lipinski definition) is 3. The lowest BCUT2D eigenvalue weighted by molar-refractivity contribution is -0.143. The molecule has 0 aromatic rings. The number of hydrogen-bond donors (Lipinski definition) is 1. The summed E-state index contributed by atoms with van der Waals surface area (Å²) >= 11 is 0. The Kier molecular flexibility index (Phi) is 3.93. The Labute approximate surface area is 94.7 Å². The molecule has 1 heterocycles. The highest BCUT2D eigenvalue weighted by molar-refractivity contribution is 5.83. The zero-order chi connectivity index (χ0) is 12.3. The normalized spacial score (nSPS) is 27.2. The van der Waals surface area contributed by atoms with Gasteiger partial charge in [0.15, 0.2) is 6.04 Å². The first-order valence-corrected chi connectivity index (χ1v) is 5.26. The van der Waals surface area contributed by atoms with Crippen LogP contribution in [0.1, 0.15) is 20.3 Å². The smallest absolute Gasteiger partial charge is 0.410 e. The number of rotatable bonds is 4. The molecule has 90 valence electrons. The van der Waals surface area contributed by atoms with E-state index in [1.165, 1.54) is 7.05 Å². The molecule has 3 atom stereocenters. The fourth-order valence-electron chi connectivity index (χ4n) is 1.82. The number of aliphatic carboxylic acids is 1. The Morgan fingerprint density at radius 1 is 1.69 bits per heavy atom. The molecule has 1 amide bonds. The molecule has 0 spiro atoms. The molecule has 0 aromatic carbocycles. The van der Waals surface area contributed by atoms with E-state index in [1.807, 2.05) is 26.0 Å². The first-order chi connectivity index (χ1) is 7.49. The molecule has 1 rings (SSSR count). The summed E-state index contributed by atoms with van der Waals surface area (Å²) in [6.07, 6.45) is 3.39. The van der Waals surface area contributed by atoms with Crippen LogP contribution < -0.4 is 0 Å². The van der Waals surface area contributed by atoms with Crippen molar-refractivity contribution in [3.05, 3.63) is 12.2 Å². The third-order valence-corrected chi connectivity index (χ3v) is 2.81. The molecule has 5 nitrogen and oxygen atoms in total. The van der Waals surface area contributed by atoms with Gasteiger partial charge in [0.25, 0.3) is 0 Å². The van der Waals surface area contributed by atoms with Crippen molar-refractivity contribution in [1.29, 1.82) is 0 Å². The van der Waals surface area contributed by atoms with Crippen LogP contribution >= 0.6 is 0 Å². The zero-order valence-electron chi connectivity index (χ0n) is 9.71. The maximum Gasteiger partial charge on any atom is 0.410 e. The number of carbonyl (C=O) groups excluding carboxylic acids is 1. The predicted molar refractivity (Wildman–Crippen MR) is 58.1 cm³/mol. The van der Waals surface area contributed by atoms with Gasteiger partial charge in [0.1, 0.15) is 6.10 Å². The minimum absolute atomic E-state index is 0.00815. The first kappa shape index (κ1) is 12.5.